The SMILES string of the molecule is C=C(C)C1COC2=CC=CC(O)(C(=O)O)C21. The summed E-state index contributed by atoms with van der Waals surface area (Å²) in [4.78, 5) is 11.2. The van der Waals surface area contributed by atoms with Crippen molar-refractivity contribution in [2.45, 2.75) is 12.5 Å². The summed E-state index contributed by atoms with van der Waals surface area (Å²) in [5.41, 5.74) is -1.06. The van der Waals surface area contributed by atoms with Gasteiger partial charge in [0.25, 0.3) is 0 Å². The van der Waals surface area contributed by atoms with Crippen molar-refractivity contribution in [3.05, 3.63) is 36.1 Å². The van der Waals surface area contributed by atoms with Gasteiger partial charge in [-0.15, -0.1) is 0 Å². The molecule has 0 radical (unpaired) electrons. The van der Waals surface area contributed by atoms with E-state index in [1.54, 1.807) is 6.08 Å². The summed E-state index contributed by atoms with van der Waals surface area (Å²) in [5.74, 6) is -1.44. The molecule has 0 amide bonds. The summed E-state index contributed by atoms with van der Waals surface area (Å²) in [6.07, 6.45) is 4.51. The van der Waals surface area contributed by atoms with Crippen LogP contribution in [0.2, 0.25) is 0 Å². The van der Waals surface area contributed by atoms with E-state index in [4.69, 9.17) is 9.84 Å². The van der Waals surface area contributed by atoms with Crippen LogP contribution in [-0.2, 0) is 9.53 Å². The number of rotatable bonds is 2. The number of carboxylic acid groups (broad SMARTS) is 1. The van der Waals surface area contributed by atoms with Gasteiger partial charge in [-0.2, -0.15) is 0 Å². The molecule has 4 heteroatoms. The highest BCUT2D eigenvalue weighted by atomic mass is 16.5. The minimum absolute atomic E-state index is 0.155. The van der Waals surface area contributed by atoms with E-state index in [-0.39, 0.29) is 5.92 Å². The molecule has 1 saturated heterocycles. The summed E-state index contributed by atoms with van der Waals surface area (Å²) in [5, 5.41) is 19.3. The molecule has 0 aromatic carbocycles. The number of allylic oxidation sites excluding steroid dienone is 2. The Labute approximate surface area is 93.5 Å². The van der Waals surface area contributed by atoms with Gasteiger partial charge in [0, 0.05) is 5.92 Å². The van der Waals surface area contributed by atoms with Gasteiger partial charge in [0.05, 0.1) is 12.5 Å². The van der Waals surface area contributed by atoms with Gasteiger partial charge in [-0.3, -0.25) is 0 Å². The Morgan fingerprint density at radius 2 is 2.38 bits per heavy atom. The molecule has 2 N–H and O–H groups in total. The van der Waals surface area contributed by atoms with Crippen LogP contribution in [0.25, 0.3) is 0 Å². The Hall–Kier alpha value is -1.55. The first kappa shape index (κ1) is 11.0. The second-order valence-corrected chi connectivity index (χ2v) is 4.30. The van der Waals surface area contributed by atoms with Crippen LogP contribution in [-0.4, -0.2) is 28.4 Å². The van der Waals surface area contributed by atoms with E-state index < -0.39 is 17.5 Å². The maximum absolute atomic E-state index is 11.2. The number of carboxylic acids is 1. The van der Waals surface area contributed by atoms with Gasteiger partial charge in [0.15, 0.2) is 5.60 Å². The first-order valence-corrected chi connectivity index (χ1v) is 5.10. The van der Waals surface area contributed by atoms with E-state index in [1.807, 2.05) is 6.92 Å². The highest BCUT2D eigenvalue weighted by Gasteiger charge is 2.53. The number of ether oxygens (including phenoxy) is 1. The molecule has 1 heterocycles. The number of hydrogen-bond acceptors (Lipinski definition) is 3. The molecule has 3 atom stereocenters. The molecule has 16 heavy (non-hydrogen) atoms. The zero-order valence-corrected chi connectivity index (χ0v) is 9.01. The lowest BCUT2D eigenvalue weighted by Gasteiger charge is -2.31. The van der Waals surface area contributed by atoms with Crippen molar-refractivity contribution in [1.29, 1.82) is 0 Å². The molecule has 4 nitrogen and oxygen atoms in total. The molecule has 86 valence electrons. The van der Waals surface area contributed by atoms with Gasteiger partial charge in [0.2, 0.25) is 0 Å². The molecule has 0 spiro atoms. The normalized spacial score (nSPS) is 36.2. The second kappa shape index (κ2) is 3.49. The number of hydrogen-bond donors (Lipinski definition) is 2. The van der Waals surface area contributed by atoms with Crippen molar-refractivity contribution in [2.24, 2.45) is 11.8 Å². The topological polar surface area (TPSA) is 66.8 Å². The lowest BCUT2D eigenvalue weighted by Crippen LogP contribution is -2.47. The predicted molar refractivity (Wildman–Crippen MR) is 57.6 cm³/mol. The maximum atomic E-state index is 11.2. The highest BCUT2D eigenvalue weighted by molar-refractivity contribution is 5.81. The molecular weight excluding hydrogens is 208 g/mol. The Balaban J connectivity index is 2.44. The van der Waals surface area contributed by atoms with E-state index in [9.17, 15) is 9.90 Å². The summed E-state index contributed by atoms with van der Waals surface area (Å²) in [6, 6.07) is 0. The molecule has 2 rings (SSSR count). The lowest BCUT2D eigenvalue weighted by molar-refractivity contribution is -0.158. The van der Waals surface area contributed by atoms with E-state index in [1.165, 1.54) is 12.2 Å². The van der Waals surface area contributed by atoms with Gasteiger partial charge < -0.3 is 14.9 Å². The Morgan fingerprint density at radius 3 is 2.94 bits per heavy atom. The van der Waals surface area contributed by atoms with Crippen molar-refractivity contribution in [1.82, 2.24) is 0 Å². The first-order chi connectivity index (χ1) is 7.47. The van der Waals surface area contributed by atoms with Crippen LogP contribution in [0.4, 0.5) is 0 Å². The van der Waals surface area contributed by atoms with Crippen LogP contribution in [0.15, 0.2) is 36.1 Å². The van der Waals surface area contributed by atoms with Crippen LogP contribution in [0.1, 0.15) is 6.92 Å². The van der Waals surface area contributed by atoms with Gasteiger partial charge in [-0.25, -0.2) is 4.79 Å². The molecule has 1 fully saturated rings. The number of fused-ring (bicyclic) bond motifs is 1. The highest BCUT2D eigenvalue weighted by Crippen LogP contribution is 2.44. The lowest BCUT2D eigenvalue weighted by atomic mass is 9.74. The van der Waals surface area contributed by atoms with Gasteiger partial charge in [-0.1, -0.05) is 18.2 Å². The smallest absolute Gasteiger partial charge is 0.340 e. The third kappa shape index (κ3) is 1.38. The number of aliphatic carboxylic acids is 1. The number of carbonyl (C=O) groups is 1. The molecular formula is C12H14O4. The molecule has 1 aliphatic heterocycles. The van der Waals surface area contributed by atoms with Crippen LogP contribution in [0.3, 0.4) is 0 Å². The third-order valence-electron chi connectivity index (χ3n) is 3.20. The Bertz CT molecular complexity index is 407. The maximum Gasteiger partial charge on any atom is 0.340 e. The third-order valence-corrected chi connectivity index (χ3v) is 3.20. The molecule has 0 bridgehead atoms. The minimum Gasteiger partial charge on any atom is -0.497 e. The first-order valence-electron chi connectivity index (χ1n) is 5.10. The zero-order valence-electron chi connectivity index (χ0n) is 9.01. The predicted octanol–water partition coefficient (Wildman–Crippen LogP) is 1.09. The molecule has 3 unspecified atom stereocenters. The van der Waals surface area contributed by atoms with E-state index in [2.05, 4.69) is 6.58 Å². The standard InChI is InChI=1S/C12H14O4/c1-7(2)8-6-16-9-4-3-5-12(15,10(8)9)11(13)14/h3-5,8,10,15H,1,6H2,2H3,(H,13,14). The summed E-state index contributed by atoms with van der Waals surface area (Å²) in [7, 11) is 0. The van der Waals surface area contributed by atoms with E-state index in [0.29, 0.717) is 12.4 Å². The van der Waals surface area contributed by atoms with Crippen molar-refractivity contribution < 1.29 is 19.7 Å². The van der Waals surface area contributed by atoms with Gasteiger partial charge >= 0.3 is 5.97 Å². The molecule has 0 saturated carbocycles. The average molecular weight is 222 g/mol. The van der Waals surface area contributed by atoms with E-state index in [0.717, 1.165) is 5.57 Å². The van der Waals surface area contributed by atoms with Gasteiger partial charge in [0.1, 0.15) is 5.76 Å². The quantitative estimate of drug-likeness (QED) is 0.686. The van der Waals surface area contributed by atoms with Crippen LogP contribution in [0, 0.1) is 11.8 Å². The minimum atomic E-state index is -1.88. The monoisotopic (exact) mass is 222 g/mol. The Morgan fingerprint density at radius 1 is 1.69 bits per heavy atom. The van der Waals surface area contributed by atoms with Crippen LogP contribution >= 0.6 is 0 Å². The summed E-state index contributed by atoms with van der Waals surface area (Å²) >= 11 is 0. The number of aliphatic hydroxyl groups is 1. The average Bonchev–Trinajstić information content (AvgIpc) is 2.62. The fraction of sp³-hybridized carbons (Fsp3) is 0.417. The van der Waals surface area contributed by atoms with Crippen molar-refractivity contribution >= 4 is 5.97 Å². The van der Waals surface area contributed by atoms with Crippen LogP contribution < -0.4 is 0 Å². The largest absolute Gasteiger partial charge is 0.497 e. The summed E-state index contributed by atoms with van der Waals surface area (Å²) < 4.78 is 5.40. The molecule has 2 aliphatic rings. The molecule has 0 aromatic heterocycles. The fourth-order valence-corrected chi connectivity index (χ4v) is 2.27. The van der Waals surface area contributed by atoms with E-state index >= 15 is 0 Å². The fourth-order valence-electron chi connectivity index (χ4n) is 2.27. The summed E-state index contributed by atoms with van der Waals surface area (Å²) in [6.45, 7) is 6.01. The van der Waals surface area contributed by atoms with Crippen molar-refractivity contribution in [2.75, 3.05) is 6.61 Å². The van der Waals surface area contributed by atoms with Crippen molar-refractivity contribution in [3.63, 3.8) is 0 Å². The Kier molecular flexibility index (Phi) is 2.39. The molecule has 0 aromatic rings. The van der Waals surface area contributed by atoms with Crippen molar-refractivity contribution in [3.8, 4) is 0 Å². The molecule has 1 aliphatic carbocycles. The van der Waals surface area contributed by atoms with Crippen LogP contribution in [0.5, 0.6) is 0 Å². The van der Waals surface area contributed by atoms with Gasteiger partial charge in [-0.05, 0) is 19.1 Å². The second-order valence-electron chi connectivity index (χ2n) is 4.30. The zero-order chi connectivity index (χ0) is 11.9.